The summed E-state index contributed by atoms with van der Waals surface area (Å²) in [6.45, 7) is 0. The molecule has 0 unspecified atom stereocenters. The molecule has 0 N–H and O–H groups in total. The van der Waals surface area contributed by atoms with Gasteiger partial charge in [-0.15, -0.1) is 0 Å². The summed E-state index contributed by atoms with van der Waals surface area (Å²) in [4.78, 5) is 2.40. The summed E-state index contributed by atoms with van der Waals surface area (Å²) >= 11 is 3.60. The van der Waals surface area contributed by atoms with Gasteiger partial charge in [-0.1, -0.05) is 18.2 Å². The summed E-state index contributed by atoms with van der Waals surface area (Å²) in [7, 11) is 3.36. The quantitative estimate of drug-likeness (QED) is 0.424. The van der Waals surface area contributed by atoms with Crippen molar-refractivity contribution >= 4 is 37.2 Å². The minimum Gasteiger partial charge on any atom is -1.00 e. The minimum atomic E-state index is -0.896. The molecule has 0 atom stereocenters. The molecule has 26 heavy (non-hydrogen) atoms. The van der Waals surface area contributed by atoms with E-state index in [-0.39, 0.29) is 17.0 Å². The number of ether oxygens (including phenoxy) is 2. The van der Waals surface area contributed by atoms with Gasteiger partial charge < -0.3 is 17.0 Å². The van der Waals surface area contributed by atoms with Crippen LogP contribution in [0.3, 0.4) is 0 Å². The topological polar surface area (TPSA) is 18.5 Å². The monoisotopic (exact) mass is 438 g/mol. The third kappa shape index (κ3) is 4.71. The van der Waals surface area contributed by atoms with Gasteiger partial charge in [-0.2, -0.15) is 0 Å². The zero-order chi connectivity index (χ0) is 17.7. The van der Waals surface area contributed by atoms with E-state index in [4.69, 9.17) is 9.47 Å². The normalized spacial score (nSPS) is 11.1. The third-order valence-electron chi connectivity index (χ3n) is 4.12. The first kappa shape index (κ1) is 21.5. The molecule has 0 fully saturated rings. The SMILES string of the molecule is COC(OC)(c1cc[c]([Mg+])cc1)c1ccc(Sc2ccccc2)cc1.[Br-]. The fourth-order valence-electron chi connectivity index (χ4n) is 2.81. The Morgan fingerprint density at radius 3 is 1.65 bits per heavy atom. The van der Waals surface area contributed by atoms with E-state index >= 15 is 0 Å². The number of hydrogen-bond donors (Lipinski definition) is 0. The van der Waals surface area contributed by atoms with Crippen LogP contribution in [0.15, 0.2) is 88.7 Å². The maximum Gasteiger partial charge on any atom is -1.00 e. The van der Waals surface area contributed by atoms with Crippen LogP contribution in [-0.2, 0) is 15.3 Å². The molecule has 130 valence electrons. The number of methoxy groups -OCH3 is 2. The van der Waals surface area contributed by atoms with Crippen LogP contribution >= 0.6 is 11.8 Å². The van der Waals surface area contributed by atoms with Crippen molar-refractivity contribution in [3.8, 4) is 0 Å². The van der Waals surface area contributed by atoms with Gasteiger partial charge in [-0.25, -0.2) is 0 Å². The maximum atomic E-state index is 5.83. The van der Waals surface area contributed by atoms with Gasteiger partial charge in [0.1, 0.15) is 0 Å². The van der Waals surface area contributed by atoms with Gasteiger partial charge in [0, 0.05) is 0 Å². The van der Waals surface area contributed by atoms with Crippen molar-refractivity contribution in [3.05, 3.63) is 90.0 Å². The maximum absolute atomic E-state index is 5.83. The molecule has 0 spiro atoms. The van der Waals surface area contributed by atoms with Gasteiger partial charge in [0.2, 0.25) is 0 Å². The van der Waals surface area contributed by atoms with E-state index in [0.29, 0.717) is 0 Å². The molecule has 0 amide bonds. The molecule has 3 aromatic carbocycles. The minimum absolute atomic E-state index is 0. The van der Waals surface area contributed by atoms with Crippen molar-refractivity contribution in [2.75, 3.05) is 14.2 Å². The summed E-state index contributed by atoms with van der Waals surface area (Å²) in [6.07, 6.45) is 0. The first-order valence-corrected chi connectivity index (χ1v) is 9.56. The molecule has 0 aliphatic rings. The Hall–Kier alpha value is -0.824. The van der Waals surface area contributed by atoms with Crippen LogP contribution in [0.4, 0.5) is 0 Å². The van der Waals surface area contributed by atoms with Crippen molar-refractivity contribution < 1.29 is 26.5 Å². The Kier molecular flexibility index (Phi) is 8.20. The number of halogens is 1. The largest absolute Gasteiger partial charge is 1.00 e. The summed E-state index contributed by atoms with van der Waals surface area (Å²) in [6, 6.07) is 27.0. The van der Waals surface area contributed by atoms with Crippen LogP contribution in [-0.4, -0.2) is 35.9 Å². The predicted octanol–water partition coefficient (Wildman–Crippen LogP) is 1.13. The van der Waals surface area contributed by atoms with E-state index in [1.165, 1.54) is 13.5 Å². The molecular weight excluding hydrogens is 421 g/mol. The smallest absolute Gasteiger partial charge is 1.00 e. The van der Waals surface area contributed by atoms with E-state index in [2.05, 4.69) is 72.8 Å². The molecule has 3 rings (SSSR count). The van der Waals surface area contributed by atoms with Crippen LogP contribution in [0.1, 0.15) is 11.1 Å². The van der Waals surface area contributed by atoms with Gasteiger partial charge in [0.15, 0.2) is 0 Å². The summed E-state index contributed by atoms with van der Waals surface area (Å²) in [5.74, 6) is -0.896. The van der Waals surface area contributed by atoms with Gasteiger partial charge >= 0.3 is 148 Å². The average Bonchev–Trinajstić information content (AvgIpc) is 2.66. The molecule has 5 heteroatoms. The molecule has 0 aliphatic heterocycles. The second kappa shape index (κ2) is 9.92. The van der Waals surface area contributed by atoms with E-state index in [9.17, 15) is 0 Å². The van der Waals surface area contributed by atoms with E-state index in [1.807, 2.05) is 27.8 Å². The van der Waals surface area contributed by atoms with Gasteiger partial charge in [-0.05, 0) is 0 Å². The van der Waals surface area contributed by atoms with Crippen LogP contribution in [0.2, 0.25) is 0 Å². The van der Waals surface area contributed by atoms with Crippen LogP contribution in [0.5, 0.6) is 0 Å². The molecule has 2 nitrogen and oxygen atoms in total. The Balaban J connectivity index is 0.00000243. The fraction of sp³-hybridized carbons (Fsp3) is 0.143. The molecule has 3 aromatic rings. The molecular formula is C21H19BrMgO2S. The zero-order valence-corrected chi connectivity index (χ0v) is 18.6. The summed E-state index contributed by atoms with van der Waals surface area (Å²) in [5.41, 5.74) is 1.96. The van der Waals surface area contributed by atoms with Crippen LogP contribution in [0.25, 0.3) is 0 Å². The Bertz CT molecular complexity index is 804. The van der Waals surface area contributed by atoms with Crippen molar-refractivity contribution in [3.63, 3.8) is 0 Å². The number of rotatable bonds is 6. The molecule has 0 aliphatic carbocycles. The van der Waals surface area contributed by atoms with Crippen molar-refractivity contribution in [1.82, 2.24) is 0 Å². The second-order valence-electron chi connectivity index (χ2n) is 5.66. The Labute approximate surface area is 182 Å². The van der Waals surface area contributed by atoms with Gasteiger partial charge in [0.05, 0.1) is 0 Å². The second-order valence-corrected chi connectivity index (χ2v) is 7.62. The summed E-state index contributed by atoms with van der Waals surface area (Å²) in [5, 5.41) is 0. The van der Waals surface area contributed by atoms with Gasteiger partial charge in [-0.3, -0.25) is 0 Å². The number of benzene rings is 3. The molecule has 0 radical (unpaired) electrons. The van der Waals surface area contributed by atoms with Crippen molar-refractivity contribution in [1.29, 1.82) is 0 Å². The molecule has 0 heterocycles. The van der Waals surface area contributed by atoms with E-state index in [0.717, 1.165) is 11.1 Å². The average molecular weight is 440 g/mol. The summed E-state index contributed by atoms with van der Waals surface area (Å²) < 4.78 is 12.9. The Morgan fingerprint density at radius 2 is 1.15 bits per heavy atom. The van der Waals surface area contributed by atoms with Crippen molar-refractivity contribution in [2.45, 2.75) is 15.6 Å². The van der Waals surface area contributed by atoms with E-state index < -0.39 is 5.79 Å². The molecule has 0 bridgehead atoms. The fourth-order valence-corrected chi connectivity index (χ4v) is 3.89. The number of hydrogen-bond acceptors (Lipinski definition) is 3. The standard InChI is InChI=1S/C21H19O2S.BrH.Mg/c1-22-21(23-2,17-9-5-3-6-10-17)18-13-15-20(16-14-18)24-19-11-7-4-8-12-19;;/h4-16H,1-2H3;1H;/q;;+1/p-1. The van der Waals surface area contributed by atoms with Gasteiger partial charge in [0.25, 0.3) is 0 Å². The Morgan fingerprint density at radius 1 is 0.692 bits per heavy atom. The van der Waals surface area contributed by atoms with Crippen LogP contribution < -0.4 is 20.7 Å². The van der Waals surface area contributed by atoms with Crippen molar-refractivity contribution in [2.24, 2.45) is 0 Å². The molecule has 0 saturated heterocycles. The van der Waals surface area contributed by atoms with E-state index in [1.54, 1.807) is 26.0 Å². The third-order valence-corrected chi connectivity index (χ3v) is 5.61. The molecule has 0 aromatic heterocycles. The predicted molar refractivity (Wildman–Crippen MR) is 104 cm³/mol. The zero-order valence-electron chi connectivity index (χ0n) is 14.8. The first-order chi connectivity index (χ1) is 12.2. The first-order valence-electron chi connectivity index (χ1n) is 8.04. The molecule has 0 saturated carbocycles. The van der Waals surface area contributed by atoms with Crippen LogP contribution in [0, 0.1) is 0 Å².